The van der Waals surface area contributed by atoms with Crippen molar-refractivity contribution < 1.29 is 13.5 Å². The fourth-order valence-electron chi connectivity index (χ4n) is 4.92. The Morgan fingerprint density at radius 2 is 1.87 bits per heavy atom. The zero-order chi connectivity index (χ0) is 20.9. The number of likely N-dealkylation sites (tertiary alicyclic amines) is 1. The zero-order valence-electron chi connectivity index (χ0n) is 17.4. The maximum atomic E-state index is 11.9. The van der Waals surface area contributed by atoms with Crippen molar-refractivity contribution in [3.8, 4) is 0 Å². The Morgan fingerprint density at radius 3 is 2.57 bits per heavy atom. The van der Waals surface area contributed by atoms with Gasteiger partial charge in [-0.25, -0.2) is 8.42 Å². The minimum absolute atomic E-state index is 0.189. The van der Waals surface area contributed by atoms with E-state index >= 15 is 0 Å². The number of aliphatic hydroxyl groups is 1. The number of rotatable bonds is 5. The van der Waals surface area contributed by atoms with E-state index in [1.807, 2.05) is 10.6 Å². The van der Waals surface area contributed by atoms with Gasteiger partial charge in [0.15, 0.2) is 11.5 Å². The largest absolute Gasteiger partial charge is 0.387 e. The fraction of sp³-hybridized carbons (Fsp3) is 0.750. The summed E-state index contributed by atoms with van der Waals surface area (Å²) in [6.45, 7) is 2.90. The number of nitrogens with zero attached hydrogens (tertiary/aromatic N) is 6. The third-order valence-electron chi connectivity index (χ3n) is 6.76. The van der Waals surface area contributed by atoms with Gasteiger partial charge in [0, 0.05) is 31.5 Å². The Bertz CT molecular complexity index is 1030. The highest BCUT2D eigenvalue weighted by atomic mass is 32.2. The van der Waals surface area contributed by atoms with Gasteiger partial charge < -0.3 is 10.0 Å². The third-order valence-corrected chi connectivity index (χ3v) is 8.01. The van der Waals surface area contributed by atoms with Gasteiger partial charge in [-0.05, 0) is 63.7 Å². The molecule has 10 heteroatoms. The summed E-state index contributed by atoms with van der Waals surface area (Å²) in [5, 5.41) is 24.6. The van der Waals surface area contributed by atoms with Crippen LogP contribution in [0.4, 0.5) is 0 Å². The molecule has 2 saturated heterocycles. The van der Waals surface area contributed by atoms with Gasteiger partial charge in [-0.2, -0.15) is 13.9 Å². The number of hydrogen-bond acceptors (Lipinski definition) is 7. The first-order valence-electron chi connectivity index (χ1n) is 10.9. The first-order chi connectivity index (χ1) is 14.3. The van der Waals surface area contributed by atoms with Gasteiger partial charge in [0.1, 0.15) is 0 Å². The average molecular weight is 435 g/mol. The van der Waals surface area contributed by atoms with Gasteiger partial charge in [0.05, 0.1) is 17.6 Å². The van der Waals surface area contributed by atoms with Crippen LogP contribution in [0.5, 0.6) is 0 Å². The van der Waals surface area contributed by atoms with E-state index < -0.39 is 15.6 Å². The highest BCUT2D eigenvalue weighted by Crippen LogP contribution is 2.39. The molecule has 0 amide bonds. The average Bonchev–Trinajstić information content (AvgIpc) is 3.47. The lowest BCUT2D eigenvalue weighted by molar-refractivity contribution is -0.0389. The van der Waals surface area contributed by atoms with Crippen molar-refractivity contribution in [3.63, 3.8) is 0 Å². The molecule has 1 atom stereocenters. The SMILES string of the molecule is CS(=O)(=O)N1CCCC(O)(CN2CCC(c3nnc4ccc(C5CC5)nn34)CC2)C1. The van der Waals surface area contributed by atoms with E-state index in [-0.39, 0.29) is 6.54 Å². The van der Waals surface area contributed by atoms with E-state index in [0.717, 1.165) is 43.1 Å². The van der Waals surface area contributed by atoms with Gasteiger partial charge in [-0.3, -0.25) is 0 Å². The second-order valence-corrected chi connectivity index (χ2v) is 11.3. The predicted molar refractivity (Wildman–Crippen MR) is 112 cm³/mol. The number of piperidine rings is 2. The minimum Gasteiger partial charge on any atom is -0.387 e. The second kappa shape index (κ2) is 7.51. The predicted octanol–water partition coefficient (Wildman–Crippen LogP) is 0.968. The molecular weight excluding hydrogens is 404 g/mol. The fourth-order valence-corrected chi connectivity index (χ4v) is 5.86. The first-order valence-corrected chi connectivity index (χ1v) is 12.8. The zero-order valence-corrected chi connectivity index (χ0v) is 18.3. The quantitative estimate of drug-likeness (QED) is 0.748. The molecule has 2 aromatic heterocycles. The van der Waals surface area contributed by atoms with Gasteiger partial charge in [0.25, 0.3) is 0 Å². The molecule has 0 radical (unpaired) electrons. The molecule has 1 aliphatic carbocycles. The molecule has 3 fully saturated rings. The van der Waals surface area contributed by atoms with Crippen molar-refractivity contribution in [1.82, 2.24) is 29.0 Å². The first kappa shape index (κ1) is 20.3. The molecule has 1 saturated carbocycles. The Kier molecular flexibility index (Phi) is 5.08. The summed E-state index contributed by atoms with van der Waals surface area (Å²) in [4.78, 5) is 2.26. The molecule has 2 aromatic rings. The van der Waals surface area contributed by atoms with Crippen LogP contribution in [0.15, 0.2) is 12.1 Å². The van der Waals surface area contributed by atoms with E-state index in [1.54, 1.807) is 0 Å². The van der Waals surface area contributed by atoms with E-state index in [1.165, 1.54) is 23.4 Å². The lowest BCUT2D eigenvalue weighted by Crippen LogP contribution is -2.56. The van der Waals surface area contributed by atoms with Crippen LogP contribution in [-0.2, 0) is 10.0 Å². The standard InChI is InChI=1S/C20H30N6O3S/c1-30(28,29)25-10-2-9-20(27,14-25)13-24-11-7-16(8-12-24)19-22-21-18-6-5-17(15-3-4-15)23-26(18)19/h5-6,15-16,27H,2-4,7-14H2,1H3. The molecule has 4 heterocycles. The second-order valence-electron chi connectivity index (χ2n) is 9.34. The Labute approximate surface area is 177 Å². The van der Waals surface area contributed by atoms with Crippen LogP contribution >= 0.6 is 0 Å². The molecule has 9 nitrogen and oxygen atoms in total. The molecule has 0 bridgehead atoms. The van der Waals surface area contributed by atoms with Crippen molar-refractivity contribution in [2.75, 3.05) is 39.0 Å². The van der Waals surface area contributed by atoms with E-state index in [2.05, 4.69) is 21.2 Å². The van der Waals surface area contributed by atoms with Crippen LogP contribution in [0, 0.1) is 0 Å². The van der Waals surface area contributed by atoms with Gasteiger partial charge >= 0.3 is 0 Å². The lowest BCUT2D eigenvalue weighted by atomic mass is 9.91. The maximum Gasteiger partial charge on any atom is 0.211 e. The van der Waals surface area contributed by atoms with Crippen molar-refractivity contribution in [2.24, 2.45) is 0 Å². The van der Waals surface area contributed by atoms with Crippen LogP contribution in [0.1, 0.15) is 61.9 Å². The van der Waals surface area contributed by atoms with Crippen LogP contribution in [0.25, 0.3) is 5.65 Å². The van der Waals surface area contributed by atoms with Crippen molar-refractivity contribution >= 4 is 15.7 Å². The van der Waals surface area contributed by atoms with Crippen molar-refractivity contribution in [3.05, 3.63) is 23.7 Å². The van der Waals surface area contributed by atoms with E-state index in [0.29, 0.717) is 37.8 Å². The molecule has 5 rings (SSSR count). The number of sulfonamides is 1. The Balaban J connectivity index is 1.23. The van der Waals surface area contributed by atoms with Gasteiger partial charge in [0.2, 0.25) is 10.0 Å². The molecule has 0 aromatic carbocycles. The highest BCUT2D eigenvalue weighted by molar-refractivity contribution is 7.88. The Morgan fingerprint density at radius 1 is 1.10 bits per heavy atom. The highest BCUT2D eigenvalue weighted by Gasteiger charge is 2.39. The van der Waals surface area contributed by atoms with Crippen molar-refractivity contribution in [1.29, 1.82) is 0 Å². The molecule has 0 spiro atoms. The molecule has 30 heavy (non-hydrogen) atoms. The number of fused-ring (bicyclic) bond motifs is 1. The smallest absolute Gasteiger partial charge is 0.211 e. The van der Waals surface area contributed by atoms with E-state index in [4.69, 9.17) is 5.10 Å². The summed E-state index contributed by atoms with van der Waals surface area (Å²) in [5.74, 6) is 1.83. The van der Waals surface area contributed by atoms with Gasteiger partial charge in [-0.15, -0.1) is 10.2 Å². The molecule has 1 unspecified atom stereocenters. The normalized spacial score (nSPS) is 27.7. The van der Waals surface area contributed by atoms with E-state index in [9.17, 15) is 13.5 Å². The molecule has 3 aliphatic rings. The lowest BCUT2D eigenvalue weighted by Gasteiger charge is -2.42. The summed E-state index contributed by atoms with van der Waals surface area (Å²) in [6.07, 6.45) is 6.85. The number of β-amino-alcohol motifs (C(OH)–C–C–N with tert-alkyl or cyclic N) is 1. The summed E-state index contributed by atoms with van der Waals surface area (Å²) in [6, 6.07) is 4.08. The molecular formula is C20H30N6O3S. The number of aromatic nitrogens is 4. The summed E-state index contributed by atoms with van der Waals surface area (Å²) < 4.78 is 27.1. The topological polar surface area (TPSA) is 104 Å². The maximum absolute atomic E-state index is 11.9. The minimum atomic E-state index is -3.27. The van der Waals surface area contributed by atoms with Crippen LogP contribution < -0.4 is 0 Å². The summed E-state index contributed by atoms with van der Waals surface area (Å²) in [7, 11) is -3.27. The monoisotopic (exact) mass is 434 g/mol. The van der Waals surface area contributed by atoms with Crippen molar-refractivity contribution in [2.45, 2.75) is 56.0 Å². The van der Waals surface area contributed by atoms with Crippen LogP contribution in [0.2, 0.25) is 0 Å². The Hall–Kier alpha value is -1.62. The number of hydrogen-bond donors (Lipinski definition) is 1. The van der Waals surface area contributed by atoms with Crippen LogP contribution in [0.3, 0.4) is 0 Å². The van der Waals surface area contributed by atoms with Crippen LogP contribution in [-0.4, -0.2) is 87.1 Å². The summed E-state index contributed by atoms with van der Waals surface area (Å²) in [5.41, 5.74) is 0.960. The molecule has 164 valence electrons. The molecule has 1 N–H and O–H groups in total. The summed E-state index contributed by atoms with van der Waals surface area (Å²) >= 11 is 0. The molecule has 2 aliphatic heterocycles. The third kappa shape index (κ3) is 4.10. The van der Waals surface area contributed by atoms with Gasteiger partial charge in [-0.1, -0.05) is 0 Å².